The van der Waals surface area contributed by atoms with Gasteiger partial charge in [0.2, 0.25) is 0 Å². The summed E-state index contributed by atoms with van der Waals surface area (Å²) in [5.41, 5.74) is 12.1. The number of esters is 2. The molecule has 6 heteroatoms. The van der Waals surface area contributed by atoms with Gasteiger partial charge in [-0.3, -0.25) is 0 Å². The molecule has 1 aromatic rings. The van der Waals surface area contributed by atoms with Gasteiger partial charge in [-0.2, -0.15) is 0 Å². The monoisotopic (exact) mass is 266 g/mol. The zero-order valence-corrected chi connectivity index (χ0v) is 11.0. The van der Waals surface area contributed by atoms with Crippen molar-refractivity contribution in [3.05, 3.63) is 23.8 Å². The third-order valence-corrected chi connectivity index (χ3v) is 2.47. The molecule has 0 aliphatic heterocycles. The summed E-state index contributed by atoms with van der Waals surface area (Å²) in [6, 6.07) is 4.46. The first kappa shape index (κ1) is 14.8. The standard InChI is InChI=1S/C13H18N2O4/c1-3-11(13(17)18-4-2)19-12(16)9-6-5-8(14)7-10(9)15/h5-7,11H,3-4,14-15H2,1-2H3. The fraction of sp³-hybridized carbons (Fsp3) is 0.385. The molecule has 4 N–H and O–H groups in total. The zero-order valence-electron chi connectivity index (χ0n) is 11.0. The first-order chi connectivity index (χ1) is 8.99. The topological polar surface area (TPSA) is 105 Å². The molecule has 0 aliphatic rings. The normalized spacial score (nSPS) is 11.7. The van der Waals surface area contributed by atoms with Crippen LogP contribution in [0.3, 0.4) is 0 Å². The molecule has 0 amide bonds. The maximum absolute atomic E-state index is 11.9. The van der Waals surface area contributed by atoms with Crippen molar-refractivity contribution in [3.63, 3.8) is 0 Å². The van der Waals surface area contributed by atoms with Gasteiger partial charge in [-0.15, -0.1) is 0 Å². The van der Waals surface area contributed by atoms with Gasteiger partial charge < -0.3 is 20.9 Å². The second-order valence-corrected chi connectivity index (χ2v) is 3.90. The van der Waals surface area contributed by atoms with E-state index in [0.29, 0.717) is 12.1 Å². The Morgan fingerprint density at radius 2 is 1.95 bits per heavy atom. The molecule has 19 heavy (non-hydrogen) atoms. The van der Waals surface area contributed by atoms with Crippen LogP contribution in [0.1, 0.15) is 30.6 Å². The van der Waals surface area contributed by atoms with E-state index in [4.69, 9.17) is 20.9 Å². The van der Waals surface area contributed by atoms with Crippen molar-refractivity contribution in [2.45, 2.75) is 26.4 Å². The fourth-order valence-electron chi connectivity index (χ4n) is 1.49. The Morgan fingerprint density at radius 3 is 2.47 bits per heavy atom. The second kappa shape index (κ2) is 6.63. The van der Waals surface area contributed by atoms with Crippen molar-refractivity contribution in [1.29, 1.82) is 0 Å². The molecular weight excluding hydrogens is 248 g/mol. The molecule has 1 aromatic carbocycles. The summed E-state index contributed by atoms with van der Waals surface area (Å²) >= 11 is 0. The number of benzene rings is 1. The van der Waals surface area contributed by atoms with Gasteiger partial charge in [0, 0.05) is 11.4 Å². The van der Waals surface area contributed by atoms with Gasteiger partial charge in [-0.25, -0.2) is 9.59 Å². The molecule has 0 fully saturated rings. The Bertz CT molecular complexity index is 474. The summed E-state index contributed by atoms with van der Waals surface area (Å²) in [6.07, 6.45) is -0.594. The Morgan fingerprint density at radius 1 is 1.26 bits per heavy atom. The van der Waals surface area contributed by atoms with E-state index in [0.717, 1.165) is 0 Å². The van der Waals surface area contributed by atoms with E-state index in [2.05, 4.69) is 0 Å². The summed E-state index contributed by atoms with van der Waals surface area (Å²) < 4.78 is 9.90. The van der Waals surface area contributed by atoms with E-state index in [9.17, 15) is 9.59 Å². The van der Waals surface area contributed by atoms with Crippen LogP contribution in [-0.2, 0) is 14.3 Å². The Kier molecular flexibility index (Phi) is 5.17. The van der Waals surface area contributed by atoms with E-state index in [1.165, 1.54) is 18.2 Å². The van der Waals surface area contributed by atoms with Gasteiger partial charge in [-0.1, -0.05) is 6.92 Å². The van der Waals surface area contributed by atoms with Gasteiger partial charge in [-0.05, 0) is 31.5 Å². The van der Waals surface area contributed by atoms with Gasteiger partial charge in [0.05, 0.1) is 12.2 Å². The molecule has 0 aromatic heterocycles. The molecule has 0 radical (unpaired) electrons. The maximum atomic E-state index is 11.9. The third kappa shape index (κ3) is 3.87. The molecule has 104 valence electrons. The van der Waals surface area contributed by atoms with Crippen LogP contribution in [0.15, 0.2) is 18.2 Å². The van der Waals surface area contributed by atoms with E-state index in [1.807, 2.05) is 0 Å². The van der Waals surface area contributed by atoms with E-state index < -0.39 is 18.0 Å². The highest BCUT2D eigenvalue weighted by molar-refractivity contribution is 5.97. The lowest BCUT2D eigenvalue weighted by molar-refractivity contribution is -0.153. The van der Waals surface area contributed by atoms with E-state index in [-0.39, 0.29) is 17.9 Å². The predicted molar refractivity (Wildman–Crippen MR) is 71.4 cm³/mol. The maximum Gasteiger partial charge on any atom is 0.347 e. The molecule has 0 saturated carbocycles. The first-order valence-corrected chi connectivity index (χ1v) is 6.02. The number of hydrogen-bond donors (Lipinski definition) is 2. The zero-order chi connectivity index (χ0) is 14.4. The number of nitrogens with two attached hydrogens (primary N) is 2. The summed E-state index contributed by atoms with van der Waals surface area (Å²) in [7, 11) is 0. The quantitative estimate of drug-likeness (QED) is 0.615. The summed E-state index contributed by atoms with van der Waals surface area (Å²) in [5.74, 6) is -1.23. The smallest absolute Gasteiger partial charge is 0.347 e. The molecule has 1 unspecified atom stereocenters. The number of carbonyl (C=O) groups is 2. The molecule has 1 rings (SSSR count). The highest BCUT2D eigenvalue weighted by atomic mass is 16.6. The molecule has 6 nitrogen and oxygen atoms in total. The van der Waals surface area contributed by atoms with Gasteiger partial charge in [0.1, 0.15) is 0 Å². The van der Waals surface area contributed by atoms with Gasteiger partial charge in [0.15, 0.2) is 6.10 Å². The number of ether oxygens (including phenoxy) is 2. The van der Waals surface area contributed by atoms with Crippen molar-refractivity contribution in [1.82, 2.24) is 0 Å². The van der Waals surface area contributed by atoms with Crippen molar-refractivity contribution < 1.29 is 19.1 Å². The van der Waals surface area contributed by atoms with Crippen LogP contribution >= 0.6 is 0 Å². The van der Waals surface area contributed by atoms with E-state index >= 15 is 0 Å². The van der Waals surface area contributed by atoms with Crippen LogP contribution in [0.5, 0.6) is 0 Å². The molecule has 0 aliphatic carbocycles. The molecular formula is C13H18N2O4. The van der Waals surface area contributed by atoms with Crippen molar-refractivity contribution in [3.8, 4) is 0 Å². The van der Waals surface area contributed by atoms with Crippen molar-refractivity contribution in [2.24, 2.45) is 0 Å². The van der Waals surface area contributed by atoms with Crippen LogP contribution in [0.25, 0.3) is 0 Å². The SMILES string of the molecule is CCOC(=O)C(CC)OC(=O)c1ccc(N)cc1N. The fourth-order valence-corrected chi connectivity index (χ4v) is 1.49. The number of hydrogen-bond acceptors (Lipinski definition) is 6. The largest absolute Gasteiger partial charge is 0.463 e. The minimum Gasteiger partial charge on any atom is -0.463 e. The molecule has 0 bridgehead atoms. The van der Waals surface area contributed by atoms with Crippen LogP contribution in [0.4, 0.5) is 11.4 Å². The molecule has 0 saturated heterocycles. The molecule has 0 heterocycles. The number of anilines is 2. The summed E-state index contributed by atoms with van der Waals surface area (Å²) in [4.78, 5) is 23.4. The second-order valence-electron chi connectivity index (χ2n) is 3.90. The minimum atomic E-state index is -0.926. The highest BCUT2D eigenvalue weighted by Gasteiger charge is 2.23. The predicted octanol–water partition coefficient (Wildman–Crippen LogP) is 1.35. The highest BCUT2D eigenvalue weighted by Crippen LogP contribution is 2.18. The average Bonchev–Trinajstić information content (AvgIpc) is 2.35. The first-order valence-electron chi connectivity index (χ1n) is 6.02. The van der Waals surface area contributed by atoms with Crippen molar-refractivity contribution >= 4 is 23.3 Å². The van der Waals surface area contributed by atoms with Gasteiger partial charge in [0.25, 0.3) is 0 Å². The third-order valence-electron chi connectivity index (χ3n) is 2.47. The molecule has 1 atom stereocenters. The lowest BCUT2D eigenvalue weighted by Crippen LogP contribution is -2.29. The molecule has 0 spiro atoms. The van der Waals surface area contributed by atoms with Crippen molar-refractivity contribution in [2.75, 3.05) is 18.1 Å². The van der Waals surface area contributed by atoms with Crippen LogP contribution in [-0.4, -0.2) is 24.6 Å². The van der Waals surface area contributed by atoms with Crippen LogP contribution in [0, 0.1) is 0 Å². The Balaban J connectivity index is 2.80. The Hall–Kier alpha value is -2.24. The lowest BCUT2D eigenvalue weighted by Gasteiger charge is -2.15. The lowest BCUT2D eigenvalue weighted by atomic mass is 10.1. The van der Waals surface area contributed by atoms with Crippen LogP contribution < -0.4 is 11.5 Å². The number of rotatable bonds is 5. The summed E-state index contributed by atoms with van der Waals surface area (Å²) in [5, 5.41) is 0. The number of nitrogen functional groups attached to an aromatic ring is 2. The Labute approximate surface area is 111 Å². The van der Waals surface area contributed by atoms with E-state index in [1.54, 1.807) is 13.8 Å². The average molecular weight is 266 g/mol. The number of carbonyl (C=O) groups excluding carboxylic acids is 2. The minimum absolute atomic E-state index is 0.178. The summed E-state index contributed by atoms with van der Waals surface area (Å²) in [6.45, 7) is 3.64. The van der Waals surface area contributed by atoms with Crippen LogP contribution in [0.2, 0.25) is 0 Å². The van der Waals surface area contributed by atoms with Gasteiger partial charge >= 0.3 is 11.9 Å².